The van der Waals surface area contributed by atoms with Crippen molar-refractivity contribution in [2.24, 2.45) is 0 Å². The summed E-state index contributed by atoms with van der Waals surface area (Å²) in [4.78, 5) is 0. The molecule has 17 heavy (non-hydrogen) atoms. The molecule has 1 aromatic rings. The third-order valence-electron chi connectivity index (χ3n) is 2.33. The molecule has 0 aliphatic heterocycles. The van der Waals surface area contributed by atoms with Gasteiger partial charge in [-0.05, 0) is 24.6 Å². The number of rotatable bonds is 6. The van der Waals surface area contributed by atoms with Gasteiger partial charge in [-0.1, -0.05) is 23.6 Å². The van der Waals surface area contributed by atoms with Crippen LogP contribution in [-0.4, -0.2) is 18.1 Å². The Balaban J connectivity index is 2.39. The van der Waals surface area contributed by atoms with Crippen LogP contribution in [0.25, 0.3) is 0 Å². The van der Waals surface area contributed by atoms with E-state index in [4.69, 9.17) is 18.0 Å². The molecule has 0 saturated carbocycles. The minimum absolute atomic E-state index is 0.105. The second kappa shape index (κ2) is 7.60. The molecule has 0 fully saturated rings. The van der Waals surface area contributed by atoms with E-state index in [1.807, 2.05) is 13.0 Å². The van der Waals surface area contributed by atoms with Crippen LogP contribution in [0.5, 0.6) is 0 Å². The van der Waals surface area contributed by atoms with Gasteiger partial charge in [0.1, 0.15) is 5.82 Å². The van der Waals surface area contributed by atoms with E-state index in [-0.39, 0.29) is 16.9 Å². The molecule has 0 aliphatic carbocycles. The van der Waals surface area contributed by atoms with Gasteiger partial charge in [-0.3, -0.25) is 0 Å². The topological polar surface area (TPSA) is 12.0 Å². The van der Waals surface area contributed by atoms with E-state index in [1.165, 1.54) is 6.07 Å². The molecule has 0 heterocycles. The highest BCUT2D eigenvalue weighted by atomic mass is 35.5. The van der Waals surface area contributed by atoms with E-state index in [0.29, 0.717) is 0 Å². The molecule has 0 saturated heterocycles. The summed E-state index contributed by atoms with van der Waals surface area (Å²) in [5, 5.41) is 3.46. The second-order valence-electron chi connectivity index (χ2n) is 3.61. The molecule has 0 aliphatic rings. The van der Waals surface area contributed by atoms with Crippen LogP contribution in [0, 0.1) is 18.2 Å². The number of thioether (sulfide) groups is 1. The lowest BCUT2D eigenvalue weighted by Gasteiger charge is -2.14. The van der Waals surface area contributed by atoms with Crippen LogP contribution in [0.4, 0.5) is 4.39 Å². The summed E-state index contributed by atoms with van der Waals surface area (Å²) in [6, 6.07) is 4.98. The average molecular weight is 272 g/mol. The molecule has 0 aromatic heterocycles. The Bertz CT molecular complexity index is 403. The monoisotopic (exact) mass is 271 g/mol. The standard InChI is InChI=1S/C13H15ClFNS/c1-3-7-17-8-6-16-10(2)11-4-5-12(14)13(15)9-11/h1,4-5,9-10,16H,6-8H2,2H3. The fourth-order valence-corrected chi connectivity index (χ4v) is 2.02. The highest BCUT2D eigenvalue weighted by Crippen LogP contribution is 2.19. The number of terminal acetylenes is 1. The van der Waals surface area contributed by atoms with Crippen molar-refractivity contribution in [1.82, 2.24) is 5.32 Å². The molecule has 1 atom stereocenters. The first-order valence-corrected chi connectivity index (χ1v) is 6.88. The maximum absolute atomic E-state index is 13.2. The van der Waals surface area contributed by atoms with E-state index in [9.17, 15) is 4.39 Å². The van der Waals surface area contributed by atoms with E-state index >= 15 is 0 Å². The van der Waals surface area contributed by atoms with Crippen molar-refractivity contribution in [1.29, 1.82) is 0 Å². The third-order valence-corrected chi connectivity index (χ3v) is 3.50. The Morgan fingerprint density at radius 3 is 3.00 bits per heavy atom. The molecule has 1 rings (SSSR count). The van der Waals surface area contributed by atoms with Crippen LogP contribution in [0.2, 0.25) is 5.02 Å². The fourth-order valence-electron chi connectivity index (χ4n) is 1.38. The summed E-state index contributed by atoms with van der Waals surface area (Å²) >= 11 is 7.33. The molecule has 1 aromatic carbocycles. The van der Waals surface area contributed by atoms with E-state index in [2.05, 4.69) is 11.2 Å². The molecular formula is C13H15ClFNS. The predicted molar refractivity (Wildman–Crippen MR) is 74.0 cm³/mol. The van der Waals surface area contributed by atoms with Crippen LogP contribution in [0.15, 0.2) is 18.2 Å². The van der Waals surface area contributed by atoms with Crippen LogP contribution < -0.4 is 5.32 Å². The Morgan fingerprint density at radius 1 is 1.59 bits per heavy atom. The highest BCUT2D eigenvalue weighted by molar-refractivity contribution is 7.99. The van der Waals surface area contributed by atoms with Crippen LogP contribution in [0.1, 0.15) is 18.5 Å². The molecule has 92 valence electrons. The second-order valence-corrected chi connectivity index (χ2v) is 5.12. The van der Waals surface area contributed by atoms with Crippen molar-refractivity contribution >= 4 is 23.4 Å². The molecule has 0 amide bonds. The van der Waals surface area contributed by atoms with Crippen LogP contribution in [0.3, 0.4) is 0 Å². The van der Waals surface area contributed by atoms with Gasteiger partial charge < -0.3 is 5.32 Å². The molecular weight excluding hydrogens is 257 g/mol. The van der Waals surface area contributed by atoms with E-state index in [1.54, 1.807) is 17.8 Å². The van der Waals surface area contributed by atoms with Gasteiger partial charge in [-0.15, -0.1) is 18.2 Å². The quantitative estimate of drug-likeness (QED) is 0.628. The first kappa shape index (κ1) is 14.4. The lowest BCUT2D eigenvalue weighted by Crippen LogP contribution is -2.21. The zero-order valence-electron chi connectivity index (χ0n) is 9.67. The lowest BCUT2D eigenvalue weighted by atomic mass is 10.1. The number of benzene rings is 1. The number of hydrogen-bond acceptors (Lipinski definition) is 2. The molecule has 1 nitrogen and oxygen atoms in total. The van der Waals surface area contributed by atoms with Crippen LogP contribution >= 0.6 is 23.4 Å². The normalized spacial score (nSPS) is 12.1. The first-order valence-electron chi connectivity index (χ1n) is 5.34. The minimum Gasteiger partial charge on any atom is -0.309 e. The van der Waals surface area contributed by atoms with Gasteiger partial charge in [-0.25, -0.2) is 4.39 Å². The molecule has 4 heteroatoms. The Labute approximate surface area is 111 Å². The molecule has 0 radical (unpaired) electrons. The number of hydrogen-bond donors (Lipinski definition) is 1. The summed E-state index contributed by atoms with van der Waals surface area (Å²) < 4.78 is 13.2. The van der Waals surface area contributed by atoms with Gasteiger partial charge in [0, 0.05) is 18.3 Å². The molecule has 1 unspecified atom stereocenters. The van der Waals surface area contributed by atoms with E-state index < -0.39 is 0 Å². The van der Waals surface area contributed by atoms with Crippen molar-refractivity contribution in [2.45, 2.75) is 13.0 Å². The zero-order chi connectivity index (χ0) is 12.7. The van der Waals surface area contributed by atoms with Gasteiger partial charge in [0.25, 0.3) is 0 Å². The Hall–Kier alpha value is -0.690. The molecule has 0 bridgehead atoms. The summed E-state index contributed by atoms with van der Waals surface area (Å²) in [5.41, 5.74) is 0.897. The van der Waals surface area contributed by atoms with Crippen molar-refractivity contribution in [2.75, 3.05) is 18.1 Å². The summed E-state index contributed by atoms with van der Waals surface area (Å²) in [6.45, 7) is 2.84. The fraction of sp³-hybridized carbons (Fsp3) is 0.385. The maximum Gasteiger partial charge on any atom is 0.142 e. The zero-order valence-corrected chi connectivity index (χ0v) is 11.2. The first-order chi connectivity index (χ1) is 8.15. The van der Waals surface area contributed by atoms with E-state index in [0.717, 1.165) is 23.6 Å². The molecule has 0 spiro atoms. The predicted octanol–water partition coefficient (Wildman–Crippen LogP) is 3.50. The van der Waals surface area contributed by atoms with Gasteiger partial charge in [0.2, 0.25) is 0 Å². The summed E-state index contributed by atoms with van der Waals surface area (Å²) in [5.74, 6) is 3.87. The maximum atomic E-state index is 13.2. The summed E-state index contributed by atoms with van der Waals surface area (Å²) in [7, 11) is 0. The molecule has 1 N–H and O–H groups in total. The minimum atomic E-state index is -0.375. The summed E-state index contributed by atoms with van der Waals surface area (Å²) in [6.07, 6.45) is 5.15. The SMILES string of the molecule is C#CCSCCNC(C)c1ccc(Cl)c(F)c1. The Morgan fingerprint density at radius 2 is 2.35 bits per heavy atom. The van der Waals surface area contributed by atoms with Crippen LogP contribution in [-0.2, 0) is 0 Å². The van der Waals surface area contributed by atoms with Crippen molar-refractivity contribution < 1.29 is 4.39 Å². The van der Waals surface area contributed by atoms with Crippen molar-refractivity contribution in [3.63, 3.8) is 0 Å². The number of halogens is 2. The highest BCUT2D eigenvalue weighted by Gasteiger charge is 2.07. The number of nitrogens with one attached hydrogen (secondary N) is 1. The average Bonchev–Trinajstić information content (AvgIpc) is 2.32. The lowest BCUT2D eigenvalue weighted by molar-refractivity contribution is 0.585. The van der Waals surface area contributed by atoms with Gasteiger partial charge in [-0.2, -0.15) is 0 Å². The largest absolute Gasteiger partial charge is 0.309 e. The smallest absolute Gasteiger partial charge is 0.142 e. The van der Waals surface area contributed by atoms with Gasteiger partial charge in [0.05, 0.1) is 10.8 Å². The third kappa shape index (κ3) is 4.99. The Kier molecular flexibility index (Phi) is 6.43. The van der Waals surface area contributed by atoms with Crippen molar-refractivity contribution in [3.8, 4) is 12.3 Å². The van der Waals surface area contributed by atoms with Gasteiger partial charge >= 0.3 is 0 Å². The van der Waals surface area contributed by atoms with Crippen molar-refractivity contribution in [3.05, 3.63) is 34.6 Å². The van der Waals surface area contributed by atoms with Gasteiger partial charge in [0.15, 0.2) is 0 Å².